The van der Waals surface area contributed by atoms with E-state index in [-0.39, 0.29) is 6.54 Å². The van der Waals surface area contributed by atoms with Gasteiger partial charge in [-0.3, -0.25) is 14.5 Å². The molecule has 1 aliphatic heterocycles. The molecule has 0 saturated carbocycles. The van der Waals surface area contributed by atoms with Gasteiger partial charge in [0.05, 0.1) is 0 Å². The first kappa shape index (κ1) is 23.1. The Balaban J connectivity index is 1.66. The molecule has 0 aliphatic carbocycles. The van der Waals surface area contributed by atoms with Crippen molar-refractivity contribution in [2.75, 3.05) is 18.5 Å². The molecule has 2 aromatic rings. The lowest BCUT2D eigenvalue weighted by Gasteiger charge is -2.22. The lowest BCUT2D eigenvalue weighted by atomic mass is 9.92. The molecule has 0 aromatic heterocycles. The maximum atomic E-state index is 13.1. The smallest absolute Gasteiger partial charge is 0.325 e. The van der Waals surface area contributed by atoms with Crippen LogP contribution in [0.2, 0.25) is 0 Å². The Morgan fingerprint density at radius 1 is 1.12 bits per heavy atom. The van der Waals surface area contributed by atoms with Crippen LogP contribution in [0.1, 0.15) is 44.7 Å². The average molecular weight is 436 g/mol. The van der Waals surface area contributed by atoms with E-state index in [2.05, 4.69) is 31.1 Å². The molecule has 32 heavy (non-hydrogen) atoms. The van der Waals surface area contributed by atoms with Gasteiger partial charge in [-0.05, 0) is 60.7 Å². The second-order valence-electron chi connectivity index (χ2n) is 8.54. The average Bonchev–Trinajstić information content (AvgIpc) is 2.97. The summed E-state index contributed by atoms with van der Waals surface area (Å²) in [6.45, 7) is 11.5. The highest BCUT2D eigenvalue weighted by atomic mass is 16.5. The number of hydrogen-bond donors (Lipinski definition) is 2. The third-order valence-electron chi connectivity index (χ3n) is 5.35. The molecule has 7 heteroatoms. The number of hydrogen-bond acceptors (Lipinski definition) is 4. The van der Waals surface area contributed by atoms with E-state index in [0.717, 1.165) is 16.0 Å². The number of rotatable bonds is 8. The highest BCUT2D eigenvalue weighted by Crippen LogP contribution is 2.30. The first-order chi connectivity index (χ1) is 15.1. The molecular formula is C25H29N3O4. The van der Waals surface area contributed by atoms with E-state index < -0.39 is 23.4 Å². The number of carbonyl (C=O) groups is 3. The van der Waals surface area contributed by atoms with Gasteiger partial charge in [0.25, 0.3) is 5.91 Å². The van der Waals surface area contributed by atoms with Gasteiger partial charge in [0.1, 0.15) is 24.4 Å². The van der Waals surface area contributed by atoms with Gasteiger partial charge < -0.3 is 15.4 Å². The van der Waals surface area contributed by atoms with Crippen molar-refractivity contribution in [1.29, 1.82) is 0 Å². The maximum absolute atomic E-state index is 13.1. The summed E-state index contributed by atoms with van der Waals surface area (Å²) in [7, 11) is 0. The molecule has 3 rings (SSSR count). The Bertz CT molecular complexity index is 1030. The van der Waals surface area contributed by atoms with Crippen LogP contribution in [0.4, 0.5) is 10.5 Å². The number of ether oxygens (including phenoxy) is 1. The number of nitrogens with one attached hydrogen (secondary N) is 2. The van der Waals surface area contributed by atoms with Crippen molar-refractivity contribution in [3.05, 3.63) is 71.8 Å². The number of urea groups is 1. The summed E-state index contributed by atoms with van der Waals surface area (Å²) in [5.74, 6) is 0.0916. The van der Waals surface area contributed by atoms with Gasteiger partial charge in [0, 0.05) is 5.69 Å². The van der Waals surface area contributed by atoms with Crippen LogP contribution in [0.15, 0.2) is 60.7 Å². The van der Waals surface area contributed by atoms with Crippen molar-refractivity contribution in [3.63, 3.8) is 0 Å². The van der Waals surface area contributed by atoms with Crippen LogP contribution in [0.25, 0.3) is 0 Å². The zero-order valence-corrected chi connectivity index (χ0v) is 18.9. The highest BCUT2D eigenvalue weighted by Gasteiger charge is 2.49. The zero-order valence-electron chi connectivity index (χ0n) is 18.9. The van der Waals surface area contributed by atoms with Gasteiger partial charge in [-0.1, -0.05) is 44.7 Å². The molecule has 1 unspecified atom stereocenters. The molecule has 4 amide bonds. The third kappa shape index (κ3) is 4.99. The van der Waals surface area contributed by atoms with Crippen LogP contribution in [0, 0.1) is 0 Å². The molecule has 1 fully saturated rings. The summed E-state index contributed by atoms with van der Waals surface area (Å²) in [5, 5.41) is 5.45. The SMILES string of the molecule is C=C(C)COc1ccc(C2(C)NC(=O)N(CC(=O)Nc3ccc(C(C)C)cc3)C2=O)cc1. The van der Waals surface area contributed by atoms with Gasteiger partial charge in [-0.25, -0.2) is 4.79 Å². The minimum absolute atomic E-state index is 0.369. The standard InChI is InChI=1S/C25H29N3O4/c1-16(2)15-32-21-12-8-19(9-13-21)25(5)23(30)28(24(31)27-25)14-22(29)26-20-10-6-18(7-11-20)17(3)4/h6-13,17H,1,14-15H2,2-5H3,(H,26,29)(H,27,31). The molecule has 1 heterocycles. The summed E-state index contributed by atoms with van der Waals surface area (Å²) in [4.78, 5) is 39.0. The van der Waals surface area contributed by atoms with Gasteiger partial charge in [-0.2, -0.15) is 0 Å². The molecular weight excluding hydrogens is 406 g/mol. The van der Waals surface area contributed by atoms with E-state index >= 15 is 0 Å². The molecule has 0 spiro atoms. The predicted octanol–water partition coefficient (Wildman–Crippen LogP) is 4.17. The van der Waals surface area contributed by atoms with Crippen molar-refractivity contribution in [3.8, 4) is 5.75 Å². The Labute approximate surface area is 188 Å². The normalized spacial score (nSPS) is 18.0. The third-order valence-corrected chi connectivity index (χ3v) is 5.35. The second-order valence-corrected chi connectivity index (χ2v) is 8.54. The molecule has 2 aromatic carbocycles. The fourth-order valence-electron chi connectivity index (χ4n) is 3.42. The Morgan fingerprint density at radius 3 is 2.31 bits per heavy atom. The van der Waals surface area contributed by atoms with E-state index in [1.54, 1.807) is 43.3 Å². The number of carbonyl (C=O) groups excluding carboxylic acids is 3. The van der Waals surface area contributed by atoms with Crippen molar-refractivity contribution in [2.24, 2.45) is 0 Å². The number of nitrogens with zero attached hydrogens (tertiary/aromatic N) is 1. The van der Waals surface area contributed by atoms with Crippen molar-refractivity contribution < 1.29 is 19.1 Å². The van der Waals surface area contributed by atoms with E-state index in [9.17, 15) is 14.4 Å². The Hall–Kier alpha value is -3.61. The van der Waals surface area contributed by atoms with E-state index in [4.69, 9.17) is 4.74 Å². The van der Waals surface area contributed by atoms with Gasteiger partial charge in [0.15, 0.2) is 0 Å². The largest absolute Gasteiger partial charge is 0.489 e. The number of anilines is 1. The number of imide groups is 1. The van der Waals surface area contributed by atoms with Crippen LogP contribution in [-0.4, -0.2) is 35.9 Å². The second kappa shape index (κ2) is 9.26. The molecule has 7 nitrogen and oxygen atoms in total. The lowest BCUT2D eigenvalue weighted by molar-refractivity contribution is -0.133. The monoisotopic (exact) mass is 435 g/mol. The summed E-state index contributed by atoms with van der Waals surface area (Å²) >= 11 is 0. The van der Waals surface area contributed by atoms with E-state index in [0.29, 0.717) is 29.5 Å². The quantitative estimate of drug-likeness (QED) is 0.481. The fourth-order valence-corrected chi connectivity index (χ4v) is 3.42. The topological polar surface area (TPSA) is 87.7 Å². The minimum atomic E-state index is -1.26. The predicted molar refractivity (Wildman–Crippen MR) is 124 cm³/mol. The highest BCUT2D eigenvalue weighted by molar-refractivity contribution is 6.10. The van der Waals surface area contributed by atoms with Crippen molar-refractivity contribution in [2.45, 2.75) is 39.2 Å². The molecule has 1 aliphatic rings. The van der Waals surface area contributed by atoms with E-state index in [1.807, 2.05) is 19.1 Å². The number of amides is 4. The van der Waals surface area contributed by atoms with Crippen LogP contribution in [0.3, 0.4) is 0 Å². The Kier molecular flexibility index (Phi) is 6.67. The summed E-state index contributed by atoms with van der Waals surface area (Å²) in [5.41, 5.74) is 2.00. The fraction of sp³-hybridized carbons (Fsp3) is 0.320. The molecule has 0 bridgehead atoms. The van der Waals surface area contributed by atoms with Crippen LogP contribution in [-0.2, 0) is 15.1 Å². The van der Waals surface area contributed by atoms with Gasteiger partial charge in [0.2, 0.25) is 5.91 Å². The van der Waals surface area contributed by atoms with E-state index in [1.165, 1.54) is 0 Å². The van der Waals surface area contributed by atoms with Crippen LogP contribution >= 0.6 is 0 Å². The molecule has 0 radical (unpaired) electrons. The zero-order chi connectivity index (χ0) is 23.5. The number of benzene rings is 2. The summed E-state index contributed by atoms with van der Waals surface area (Å²) < 4.78 is 5.58. The van der Waals surface area contributed by atoms with Gasteiger partial charge >= 0.3 is 6.03 Å². The van der Waals surface area contributed by atoms with Crippen LogP contribution < -0.4 is 15.4 Å². The molecule has 168 valence electrons. The summed E-state index contributed by atoms with van der Waals surface area (Å²) in [6.07, 6.45) is 0. The first-order valence-electron chi connectivity index (χ1n) is 10.5. The van der Waals surface area contributed by atoms with Crippen LogP contribution in [0.5, 0.6) is 5.75 Å². The lowest BCUT2D eigenvalue weighted by Crippen LogP contribution is -2.42. The molecule has 1 atom stereocenters. The minimum Gasteiger partial charge on any atom is -0.489 e. The van der Waals surface area contributed by atoms with Crippen molar-refractivity contribution >= 4 is 23.5 Å². The maximum Gasteiger partial charge on any atom is 0.325 e. The first-order valence-corrected chi connectivity index (χ1v) is 10.5. The Morgan fingerprint density at radius 2 is 1.75 bits per heavy atom. The molecule has 2 N–H and O–H groups in total. The summed E-state index contributed by atoms with van der Waals surface area (Å²) in [6, 6.07) is 13.8. The molecule has 1 saturated heterocycles. The van der Waals surface area contributed by atoms with Crippen molar-refractivity contribution in [1.82, 2.24) is 10.2 Å². The van der Waals surface area contributed by atoms with Gasteiger partial charge in [-0.15, -0.1) is 0 Å².